The minimum atomic E-state index is -4.35. The van der Waals surface area contributed by atoms with Gasteiger partial charge in [0, 0.05) is 18.8 Å². The molecule has 1 aromatic carbocycles. The van der Waals surface area contributed by atoms with Gasteiger partial charge in [0.2, 0.25) is 15.9 Å². The number of rotatable bonds is 3. The maximum Gasteiger partial charge on any atom is 0.246 e. The highest BCUT2D eigenvalue weighted by Crippen LogP contribution is 2.27. The summed E-state index contributed by atoms with van der Waals surface area (Å²) < 4.78 is 53.1. The summed E-state index contributed by atoms with van der Waals surface area (Å²) in [6.07, 6.45) is 0.220. The van der Waals surface area contributed by atoms with Gasteiger partial charge in [0.1, 0.15) is 10.9 Å². The Balaban J connectivity index is 2.54. The smallest absolute Gasteiger partial charge is 0.246 e. The van der Waals surface area contributed by atoms with Gasteiger partial charge in [-0.3, -0.25) is 4.79 Å². The van der Waals surface area contributed by atoms with Gasteiger partial charge in [0.15, 0.2) is 11.6 Å². The second kappa shape index (κ2) is 5.57. The number of carbonyl (C=O) groups is 1. The molecule has 2 rings (SSSR count). The normalized spacial score (nSPS) is 20.3. The van der Waals surface area contributed by atoms with Gasteiger partial charge in [-0.05, 0) is 18.6 Å². The van der Waals surface area contributed by atoms with Gasteiger partial charge in [-0.2, -0.15) is 4.31 Å². The van der Waals surface area contributed by atoms with Crippen LogP contribution >= 0.6 is 0 Å². The van der Waals surface area contributed by atoms with E-state index >= 15 is 0 Å². The number of carbonyl (C=O) groups excluding carboxylic acids is 1. The van der Waals surface area contributed by atoms with E-state index < -0.39 is 38.5 Å². The molecular weight excluding hydrogens is 304 g/mol. The molecule has 21 heavy (non-hydrogen) atoms. The van der Waals surface area contributed by atoms with E-state index in [0.29, 0.717) is 6.07 Å². The lowest BCUT2D eigenvalue weighted by Gasteiger charge is -2.33. The summed E-state index contributed by atoms with van der Waals surface area (Å²) in [5.74, 6) is -3.30. The summed E-state index contributed by atoms with van der Waals surface area (Å²) in [5, 5.41) is 2.54. The summed E-state index contributed by atoms with van der Waals surface area (Å²) in [7, 11) is -4.35. The van der Waals surface area contributed by atoms with Crippen molar-refractivity contribution in [3.63, 3.8) is 0 Å². The molecule has 0 bridgehead atoms. The Hall–Kier alpha value is -1.74. The zero-order valence-electron chi connectivity index (χ0n) is 11.3. The zero-order valence-corrected chi connectivity index (χ0v) is 12.1. The van der Waals surface area contributed by atoms with E-state index in [2.05, 4.69) is 5.32 Å². The molecule has 1 saturated heterocycles. The molecule has 9 heteroatoms. The van der Waals surface area contributed by atoms with Gasteiger partial charge in [-0.15, -0.1) is 0 Å². The lowest BCUT2D eigenvalue weighted by Crippen LogP contribution is -2.56. The molecule has 0 aromatic heterocycles. The van der Waals surface area contributed by atoms with Crippen molar-refractivity contribution in [2.45, 2.75) is 24.3 Å². The number of anilines is 1. The third kappa shape index (κ3) is 2.70. The summed E-state index contributed by atoms with van der Waals surface area (Å²) >= 11 is 0. The van der Waals surface area contributed by atoms with Crippen molar-refractivity contribution in [2.75, 3.05) is 18.8 Å². The van der Waals surface area contributed by atoms with E-state index in [1.165, 1.54) is 0 Å². The predicted octanol–water partition coefficient (Wildman–Crippen LogP) is 0.446. The number of amides is 1. The molecule has 1 unspecified atom stereocenters. The first kappa shape index (κ1) is 15.6. The van der Waals surface area contributed by atoms with Crippen LogP contribution < -0.4 is 11.1 Å². The van der Waals surface area contributed by atoms with Crippen LogP contribution in [0.25, 0.3) is 0 Å². The fourth-order valence-electron chi connectivity index (χ4n) is 2.27. The summed E-state index contributed by atoms with van der Waals surface area (Å²) in [6.45, 7) is 1.73. The Kier molecular flexibility index (Phi) is 4.15. The number of nitrogens with one attached hydrogen (secondary N) is 1. The molecule has 1 amide bonds. The van der Waals surface area contributed by atoms with E-state index in [9.17, 15) is 22.0 Å². The second-order valence-corrected chi connectivity index (χ2v) is 6.50. The van der Waals surface area contributed by atoms with Crippen LogP contribution in [0.1, 0.15) is 13.3 Å². The summed E-state index contributed by atoms with van der Waals surface area (Å²) in [5.41, 5.74) is 5.17. The highest BCUT2D eigenvalue weighted by Gasteiger charge is 2.39. The van der Waals surface area contributed by atoms with Crippen molar-refractivity contribution in [1.29, 1.82) is 0 Å². The van der Waals surface area contributed by atoms with Crippen LogP contribution in [0.2, 0.25) is 0 Å². The molecule has 6 nitrogen and oxygen atoms in total. The number of hydrogen-bond acceptors (Lipinski definition) is 4. The SMILES string of the molecule is CCC1C(=O)NCCN1S(=O)(=O)c1cc(N)cc(F)c1F. The number of nitrogen functional groups attached to an aromatic ring is 1. The fourth-order valence-corrected chi connectivity index (χ4v) is 4.04. The van der Waals surface area contributed by atoms with Crippen molar-refractivity contribution in [1.82, 2.24) is 9.62 Å². The first-order valence-electron chi connectivity index (χ1n) is 6.33. The molecule has 3 N–H and O–H groups in total. The van der Waals surface area contributed by atoms with Gasteiger partial charge < -0.3 is 11.1 Å². The highest BCUT2D eigenvalue weighted by atomic mass is 32.2. The van der Waals surface area contributed by atoms with E-state index in [0.717, 1.165) is 10.4 Å². The number of nitrogens with zero attached hydrogens (tertiary/aromatic N) is 1. The lowest BCUT2D eigenvalue weighted by molar-refractivity contribution is -0.126. The van der Waals surface area contributed by atoms with Crippen molar-refractivity contribution >= 4 is 21.6 Å². The average molecular weight is 319 g/mol. The van der Waals surface area contributed by atoms with Crippen molar-refractivity contribution < 1.29 is 22.0 Å². The number of benzene rings is 1. The maximum atomic E-state index is 13.8. The van der Waals surface area contributed by atoms with Gasteiger partial charge in [0.05, 0.1) is 0 Å². The van der Waals surface area contributed by atoms with Crippen molar-refractivity contribution in [2.24, 2.45) is 0 Å². The quantitative estimate of drug-likeness (QED) is 0.791. The van der Waals surface area contributed by atoms with E-state index in [1.807, 2.05) is 0 Å². The van der Waals surface area contributed by atoms with Crippen LogP contribution in [0.4, 0.5) is 14.5 Å². The molecule has 116 valence electrons. The number of halogens is 2. The maximum absolute atomic E-state index is 13.8. The van der Waals surface area contributed by atoms with Crippen LogP contribution in [0, 0.1) is 11.6 Å². The van der Waals surface area contributed by atoms with Crippen LogP contribution in [0.15, 0.2) is 17.0 Å². The topological polar surface area (TPSA) is 92.5 Å². The Morgan fingerprint density at radius 1 is 1.43 bits per heavy atom. The Labute approximate surface area is 121 Å². The fraction of sp³-hybridized carbons (Fsp3) is 0.417. The van der Waals surface area contributed by atoms with E-state index in [1.54, 1.807) is 6.92 Å². The number of piperazine rings is 1. The molecule has 0 spiro atoms. The van der Waals surface area contributed by atoms with E-state index in [4.69, 9.17) is 5.73 Å². The third-order valence-corrected chi connectivity index (χ3v) is 5.18. The molecule has 1 atom stereocenters. The molecule has 1 aromatic rings. The Morgan fingerprint density at radius 2 is 2.10 bits per heavy atom. The minimum Gasteiger partial charge on any atom is -0.399 e. The molecule has 1 aliphatic rings. The number of nitrogens with two attached hydrogens (primary N) is 1. The van der Waals surface area contributed by atoms with Crippen LogP contribution in [-0.2, 0) is 14.8 Å². The zero-order chi connectivity index (χ0) is 15.8. The summed E-state index contributed by atoms with van der Waals surface area (Å²) in [6, 6.07) is 0.606. The van der Waals surface area contributed by atoms with Gasteiger partial charge in [-0.1, -0.05) is 6.92 Å². The number of hydrogen-bond donors (Lipinski definition) is 2. The third-order valence-electron chi connectivity index (χ3n) is 3.27. The second-order valence-electron chi connectivity index (χ2n) is 4.65. The monoisotopic (exact) mass is 319 g/mol. The van der Waals surface area contributed by atoms with Crippen LogP contribution in [0.5, 0.6) is 0 Å². The minimum absolute atomic E-state index is 0.0115. The van der Waals surface area contributed by atoms with Crippen molar-refractivity contribution in [3.05, 3.63) is 23.8 Å². The molecule has 0 aliphatic carbocycles. The Morgan fingerprint density at radius 3 is 2.71 bits per heavy atom. The van der Waals surface area contributed by atoms with Crippen LogP contribution in [0.3, 0.4) is 0 Å². The average Bonchev–Trinajstić information content (AvgIpc) is 2.42. The molecule has 1 fully saturated rings. The van der Waals surface area contributed by atoms with Crippen molar-refractivity contribution in [3.8, 4) is 0 Å². The molecule has 1 heterocycles. The predicted molar refractivity (Wildman–Crippen MR) is 71.8 cm³/mol. The largest absolute Gasteiger partial charge is 0.399 e. The Bertz CT molecular complexity index is 679. The first-order chi connectivity index (χ1) is 9.78. The lowest BCUT2D eigenvalue weighted by atomic mass is 10.2. The summed E-state index contributed by atoms with van der Waals surface area (Å²) in [4.78, 5) is 10.9. The molecule has 0 radical (unpaired) electrons. The standard InChI is InChI=1S/C12H15F2N3O3S/c1-2-9-12(18)16-3-4-17(9)21(19,20)10-6-7(15)5-8(13)11(10)14/h5-6,9H,2-4,15H2,1H3,(H,16,18). The van der Waals surface area contributed by atoms with Gasteiger partial charge in [-0.25, -0.2) is 17.2 Å². The van der Waals surface area contributed by atoms with Crippen LogP contribution in [-0.4, -0.2) is 37.8 Å². The molecule has 0 saturated carbocycles. The van der Waals surface area contributed by atoms with Gasteiger partial charge >= 0.3 is 0 Å². The first-order valence-corrected chi connectivity index (χ1v) is 7.77. The van der Waals surface area contributed by atoms with Gasteiger partial charge in [0.25, 0.3) is 0 Å². The molecule has 1 aliphatic heterocycles. The van der Waals surface area contributed by atoms with E-state index in [-0.39, 0.29) is 25.2 Å². The highest BCUT2D eigenvalue weighted by molar-refractivity contribution is 7.89. The molecular formula is C12H15F2N3O3S. The number of sulfonamides is 1.